The molecule has 0 saturated carbocycles. The van der Waals surface area contributed by atoms with E-state index in [1.165, 1.54) is 13.8 Å². The first-order valence-corrected chi connectivity index (χ1v) is 18.3. The van der Waals surface area contributed by atoms with Gasteiger partial charge in [0.15, 0.2) is 46.5 Å². The Labute approximate surface area is 338 Å². The molecule has 5 aliphatic heterocycles. The van der Waals surface area contributed by atoms with Crippen molar-refractivity contribution >= 4 is 30.2 Å². The van der Waals surface area contributed by atoms with Gasteiger partial charge in [0.05, 0.1) is 36.5 Å². The molecule has 60 heavy (non-hydrogen) atoms. The Balaban J connectivity index is 0.000000171. The highest BCUT2D eigenvalue weighted by Crippen LogP contribution is 2.53. The Morgan fingerprint density at radius 1 is 0.767 bits per heavy atom. The first-order chi connectivity index (χ1) is 28.8. The maximum Gasteiger partial charge on any atom is 0.347 e. The third kappa shape index (κ3) is 7.11. The van der Waals surface area contributed by atoms with Crippen molar-refractivity contribution in [1.29, 1.82) is 0 Å². The zero-order valence-electron chi connectivity index (χ0n) is 31.6. The predicted molar refractivity (Wildman–Crippen MR) is 199 cm³/mol. The minimum atomic E-state index is -1.60. The molecule has 5 heterocycles. The van der Waals surface area contributed by atoms with Gasteiger partial charge in [-0.3, -0.25) is 4.79 Å². The van der Waals surface area contributed by atoms with Crippen molar-refractivity contribution in [2.45, 2.75) is 32.7 Å². The van der Waals surface area contributed by atoms with E-state index in [0.29, 0.717) is 37.2 Å². The zero-order valence-corrected chi connectivity index (χ0v) is 31.6. The van der Waals surface area contributed by atoms with Crippen LogP contribution in [0.15, 0.2) is 54.6 Å². The molecule has 0 aliphatic carbocycles. The van der Waals surface area contributed by atoms with Crippen molar-refractivity contribution in [3.05, 3.63) is 99.1 Å². The Bertz CT molecular complexity index is 2430. The lowest BCUT2D eigenvalue weighted by molar-refractivity contribution is -0.139. The number of aromatic hydroxyl groups is 2. The SMILES string of the molecule is Cc1cc(O)c(C=O)c2c1C(=O)Oc1c(COC(=O)C=CC(=O)O)c(O)c(C(=O)O)c(C)c1O2.c1cc2c(cc1C1OCC3C(c4ccc5c(c4)OCO5)OCC13)OCO2. The number of ether oxygens (including phenoxy) is 9. The molecule has 0 aromatic heterocycles. The molecule has 0 amide bonds. The average molecular weight is 827 g/mol. The molecule has 9 rings (SSSR count). The molecular formula is C42H34O18. The van der Waals surface area contributed by atoms with E-state index in [-0.39, 0.29) is 54.5 Å². The highest BCUT2D eigenvalue weighted by atomic mass is 16.7. The number of esters is 2. The van der Waals surface area contributed by atoms with Crippen LogP contribution in [0.5, 0.6) is 51.7 Å². The Kier molecular flexibility index (Phi) is 10.4. The Morgan fingerprint density at radius 3 is 1.90 bits per heavy atom. The smallest absolute Gasteiger partial charge is 0.347 e. The highest BCUT2D eigenvalue weighted by molar-refractivity contribution is 6.03. The first-order valence-electron chi connectivity index (χ1n) is 18.3. The molecule has 4 aromatic carbocycles. The van der Waals surface area contributed by atoms with E-state index in [4.69, 9.17) is 47.7 Å². The van der Waals surface area contributed by atoms with Gasteiger partial charge in [-0.25, -0.2) is 19.2 Å². The van der Waals surface area contributed by atoms with Gasteiger partial charge >= 0.3 is 23.9 Å². The van der Waals surface area contributed by atoms with E-state index in [9.17, 15) is 39.3 Å². The van der Waals surface area contributed by atoms with Crippen LogP contribution in [0.25, 0.3) is 0 Å². The number of hydrogen-bond acceptors (Lipinski definition) is 16. The molecule has 310 valence electrons. The molecule has 4 aromatic rings. The Morgan fingerprint density at radius 2 is 1.35 bits per heavy atom. The monoisotopic (exact) mass is 826 g/mol. The van der Waals surface area contributed by atoms with Gasteiger partial charge in [0.2, 0.25) is 13.6 Å². The molecule has 0 spiro atoms. The summed E-state index contributed by atoms with van der Waals surface area (Å²) in [5, 5.41) is 38.9. The lowest BCUT2D eigenvalue weighted by Gasteiger charge is -2.18. The van der Waals surface area contributed by atoms with E-state index < -0.39 is 70.2 Å². The maximum atomic E-state index is 12.9. The van der Waals surface area contributed by atoms with Gasteiger partial charge < -0.3 is 63.1 Å². The quantitative estimate of drug-likeness (QED) is 0.0746. The van der Waals surface area contributed by atoms with Crippen LogP contribution in [-0.4, -0.2) is 77.4 Å². The lowest BCUT2D eigenvalue weighted by Crippen LogP contribution is -2.14. The predicted octanol–water partition coefficient (Wildman–Crippen LogP) is 5.45. The van der Waals surface area contributed by atoms with Crippen molar-refractivity contribution in [2.75, 3.05) is 26.8 Å². The normalized spacial score (nSPS) is 20.1. The number of phenolic OH excluding ortho intramolecular Hbond substituents is 1. The van der Waals surface area contributed by atoms with Crippen molar-refractivity contribution in [1.82, 2.24) is 0 Å². The van der Waals surface area contributed by atoms with Crippen LogP contribution in [0.2, 0.25) is 0 Å². The Hall–Kier alpha value is -7.31. The number of carboxylic acids is 2. The molecule has 18 nitrogen and oxygen atoms in total. The number of phenols is 2. The van der Waals surface area contributed by atoms with Crippen molar-refractivity contribution in [3.8, 4) is 51.7 Å². The second-order valence-electron chi connectivity index (χ2n) is 14.1. The highest BCUT2D eigenvalue weighted by Gasteiger charge is 2.48. The summed E-state index contributed by atoms with van der Waals surface area (Å²) in [4.78, 5) is 58.6. The van der Waals surface area contributed by atoms with Crippen molar-refractivity contribution in [3.63, 3.8) is 0 Å². The summed E-state index contributed by atoms with van der Waals surface area (Å²) in [7, 11) is 0. The molecular weight excluding hydrogens is 792 g/mol. The topological polar surface area (TPSA) is 249 Å². The van der Waals surface area contributed by atoms with Crippen molar-refractivity contribution in [2.24, 2.45) is 11.8 Å². The number of aliphatic carboxylic acids is 1. The van der Waals surface area contributed by atoms with E-state index in [2.05, 4.69) is 12.1 Å². The molecule has 2 fully saturated rings. The molecule has 2 saturated heterocycles. The molecule has 4 unspecified atom stereocenters. The fourth-order valence-electron chi connectivity index (χ4n) is 7.73. The molecule has 18 heteroatoms. The average Bonchev–Trinajstić information content (AvgIpc) is 4.02. The summed E-state index contributed by atoms with van der Waals surface area (Å²) >= 11 is 0. The van der Waals surface area contributed by atoms with Crippen LogP contribution in [0.4, 0.5) is 0 Å². The molecule has 4 N–H and O–H groups in total. The maximum absolute atomic E-state index is 12.9. The van der Waals surface area contributed by atoms with Crippen LogP contribution in [-0.2, 0) is 30.4 Å². The number of carbonyl (C=O) groups excluding carboxylic acids is 3. The number of benzene rings is 4. The zero-order chi connectivity index (χ0) is 42.4. The summed E-state index contributed by atoms with van der Waals surface area (Å²) in [5.41, 5.74) is 0.442. The summed E-state index contributed by atoms with van der Waals surface area (Å²) in [6, 6.07) is 13.2. The third-order valence-corrected chi connectivity index (χ3v) is 10.6. The third-order valence-electron chi connectivity index (χ3n) is 10.6. The van der Waals surface area contributed by atoms with Gasteiger partial charge in [-0.1, -0.05) is 12.1 Å². The molecule has 0 radical (unpaired) electrons. The van der Waals surface area contributed by atoms with Gasteiger partial charge in [-0.2, -0.15) is 0 Å². The van der Waals surface area contributed by atoms with Crippen LogP contribution < -0.4 is 28.4 Å². The molecule has 4 atom stereocenters. The van der Waals surface area contributed by atoms with Gasteiger partial charge in [-0.05, 0) is 60.9 Å². The van der Waals surface area contributed by atoms with Crippen molar-refractivity contribution < 1.29 is 87.0 Å². The molecule has 5 aliphatic rings. The minimum Gasteiger partial charge on any atom is -0.507 e. The van der Waals surface area contributed by atoms with E-state index in [0.717, 1.165) is 40.2 Å². The van der Waals surface area contributed by atoms with Gasteiger partial charge in [0.1, 0.15) is 29.2 Å². The lowest BCUT2D eigenvalue weighted by atomic mass is 9.85. The van der Waals surface area contributed by atoms with E-state index in [1.54, 1.807) is 0 Å². The number of carboxylic acid groups (broad SMARTS) is 2. The summed E-state index contributed by atoms with van der Waals surface area (Å²) in [6.07, 6.45) is 1.35. The van der Waals surface area contributed by atoms with E-state index in [1.807, 2.05) is 24.3 Å². The number of aryl methyl sites for hydroxylation is 1. The summed E-state index contributed by atoms with van der Waals surface area (Å²) < 4.78 is 50.1. The van der Waals surface area contributed by atoms with Crippen LogP contribution in [0.3, 0.4) is 0 Å². The standard InChI is InChI=1S/C22H16O12.C20H18O6/c1-8-5-12(24)10(6-23)19-15(8)22(31)34-20-11(7-32-14(27)4-3-13(25)26)17(28)16(21(29)30)9(2)18(20)33-19;1-3-15-17(25-9-23-15)5-11(1)19-13-7-22-20(14(13)8-21-19)12-2-4-16-18(6-12)26-10-24-16/h3-6,24,28H,7H2,1-2H3,(H,25,26)(H,29,30);1-6,13-14,19-20H,7-10H2. The second kappa shape index (κ2) is 15.8. The summed E-state index contributed by atoms with van der Waals surface area (Å²) in [5.74, 6) is -4.08. The minimum absolute atomic E-state index is 0.0218. The second-order valence-corrected chi connectivity index (χ2v) is 14.1. The van der Waals surface area contributed by atoms with Crippen LogP contribution in [0, 0.1) is 25.7 Å². The van der Waals surface area contributed by atoms with E-state index >= 15 is 0 Å². The first kappa shape index (κ1) is 39.5. The fourth-order valence-corrected chi connectivity index (χ4v) is 7.73. The van der Waals surface area contributed by atoms with Crippen LogP contribution >= 0.6 is 0 Å². The van der Waals surface area contributed by atoms with Gasteiger partial charge in [0.25, 0.3) is 0 Å². The molecule has 0 bridgehead atoms. The number of fused-ring (bicyclic) bond motifs is 5. The number of hydrogen-bond donors (Lipinski definition) is 4. The van der Waals surface area contributed by atoms with Gasteiger partial charge in [-0.15, -0.1) is 0 Å². The van der Waals surface area contributed by atoms with Crippen LogP contribution in [0.1, 0.15) is 71.1 Å². The number of aldehydes is 1. The van der Waals surface area contributed by atoms with Gasteiger partial charge in [0, 0.05) is 29.6 Å². The number of aromatic carboxylic acids is 1. The fraction of sp³-hybridized carbons (Fsp3) is 0.262. The number of rotatable bonds is 8. The number of carbonyl (C=O) groups is 5. The largest absolute Gasteiger partial charge is 0.507 e. The summed E-state index contributed by atoms with van der Waals surface area (Å²) in [6.45, 7) is 3.76.